The van der Waals surface area contributed by atoms with Crippen LogP contribution in [0.5, 0.6) is 0 Å². The Hall–Kier alpha value is -0.510. The molecule has 3 N–H and O–H groups in total. The van der Waals surface area contributed by atoms with Crippen LogP contribution >= 0.6 is 0 Å². The van der Waals surface area contributed by atoms with Crippen LogP contribution in [0, 0.1) is 0 Å². The fraction of sp³-hybridized carbons (Fsp3) is 1.00. The molecule has 0 spiro atoms. The summed E-state index contributed by atoms with van der Waals surface area (Å²) in [6, 6.07) is 0. The molecule has 0 aliphatic carbocycles. The summed E-state index contributed by atoms with van der Waals surface area (Å²) in [7, 11) is -6.25. The van der Waals surface area contributed by atoms with Crippen molar-refractivity contribution in [1.82, 2.24) is 0 Å². The summed E-state index contributed by atoms with van der Waals surface area (Å²) in [5.41, 5.74) is 0. The number of rotatable bonds is 0. The molecule has 0 amide bonds. The van der Waals surface area contributed by atoms with Crippen molar-refractivity contribution >= 4 is 14.5 Å². The summed E-state index contributed by atoms with van der Waals surface area (Å²) in [5, 5.41) is 0. The molecule has 0 rings (SSSR count). The third-order valence-electron chi connectivity index (χ3n) is 0. The minimum absolute atomic E-state index is 0. The Labute approximate surface area is 81.4 Å². The van der Waals surface area contributed by atoms with E-state index in [1.165, 1.54) is 0 Å². The predicted molar refractivity (Wildman–Crippen MR) is 44.1 cm³/mol. The van der Waals surface area contributed by atoms with Crippen molar-refractivity contribution < 1.29 is 44.4 Å². The number of hydrogen-bond donors (Lipinski definition) is 0. The minimum atomic E-state index is -6.00. The molecule has 0 aliphatic rings. The Morgan fingerprint density at radius 3 is 0.600 bits per heavy atom. The molecule has 0 bridgehead atoms. The highest BCUT2D eigenvalue weighted by Gasteiger charge is 2.21. The molecule has 12 heteroatoms. The van der Waals surface area contributed by atoms with Gasteiger partial charge in [-0.05, 0) is 0 Å². The molecule has 0 unspecified atom stereocenters. The van der Waals surface area contributed by atoms with E-state index >= 15 is 0 Å². The lowest BCUT2D eigenvalue weighted by Crippen LogP contribution is -2.02. The predicted octanol–water partition coefficient (Wildman–Crippen LogP) is 2.11. The Bertz CT molecular complexity index is 95.3. The molecule has 98 valence electrons. The van der Waals surface area contributed by atoms with E-state index in [0.29, 0.717) is 0 Å². The number of hydrogen-bond acceptors (Lipinski definition) is 0. The van der Waals surface area contributed by atoms with Crippen LogP contribution in [0.2, 0.25) is 0 Å². The maximum atomic E-state index is 9.75. The molecule has 0 aromatic carbocycles. The molecule has 0 aromatic heterocycles. The van der Waals surface area contributed by atoms with Crippen LogP contribution in [0.15, 0.2) is 0 Å². The summed E-state index contributed by atoms with van der Waals surface area (Å²) in [6.07, 6.45) is 0. The molecule has 2 nitrogen and oxygen atoms in total. The second kappa shape index (κ2) is 10.0. The van der Waals surface area contributed by atoms with E-state index in [1.54, 1.807) is 0 Å². The molecule has 15 heavy (non-hydrogen) atoms. The summed E-state index contributed by atoms with van der Waals surface area (Å²) in [4.78, 5) is 0. The van der Waals surface area contributed by atoms with Crippen LogP contribution in [-0.2, 0) is 9.84 Å². The lowest BCUT2D eigenvalue weighted by atomic mass is 10.3. The highest BCUT2D eigenvalue weighted by atomic mass is 19.5. The van der Waals surface area contributed by atoms with E-state index in [9.17, 15) is 34.5 Å². The Kier molecular flexibility index (Phi) is 16.0. The second-order valence-corrected chi connectivity index (χ2v) is 2.21. The maximum Gasteiger partial charge on any atom is 0.673 e. The first-order valence-electron chi connectivity index (χ1n) is 2.97. The van der Waals surface area contributed by atoms with Crippen molar-refractivity contribution in [1.29, 1.82) is 0 Å². The van der Waals surface area contributed by atoms with Gasteiger partial charge in [-0.1, -0.05) is 0 Å². The monoisotopic (exact) mass is 254 g/mol. The van der Waals surface area contributed by atoms with E-state index < -0.39 is 14.5 Å². The van der Waals surface area contributed by atoms with Crippen LogP contribution in [0.4, 0.5) is 34.5 Å². The molecule has 0 saturated carbocycles. The first-order valence-corrected chi connectivity index (χ1v) is 2.97. The first-order chi connectivity index (χ1) is 5.73. The Morgan fingerprint density at radius 2 is 0.600 bits per heavy atom. The van der Waals surface area contributed by atoms with Gasteiger partial charge in [0.2, 0.25) is 0 Å². The zero-order valence-electron chi connectivity index (χ0n) is 8.16. The highest BCUT2D eigenvalue weighted by molar-refractivity contribution is 6.50. The molecule has 0 aliphatic heterocycles. The molecule has 0 aromatic rings. The van der Waals surface area contributed by atoms with Gasteiger partial charge in [-0.2, -0.15) is 0 Å². The van der Waals surface area contributed by atoms with Crippen LogP contribution < -0.4 is 0 Å². The minimum Gasteiger partial charge on any atom is -0.457 e. The van der Waals surface area contributed by atoms with Gasteiger partial charge in [0.1, 0.15) is 21.3 Å². The zero-order valence-corrected chi connectivity index (χ0v) is 8.16. The summed E-state index contributed by atoms with van der Waals surface area (Å²) in [5.74, 6) is 0. The molecule has 0 radical (unpaired) electrons. The van der Waals surface area contributed by atoms with Gasteiger partial charge in [0.05, 0.1) is 0 Å². The van der Waals surface area contributed by atoms with Crippen molar-refractivity contribution in [3.05, 3.63) is 0 Å². The van der Waals surface area contributed by atoms with Gasteiger partial charge in [-0.15, -0.1) is 0 Å². The van der Waals surface area contributed by atoms with E-state index in [4.69, 9.17) is 0 Å². The fourth-order valence-electron chi connectivity index (χ4n) is 0. The lowest BCUT2D eigenvalue weighted by molar-refractivity contribution is -0.00282. The SMILES string of the molecule is C[O+](C)C.F[B-](F)(F)F.F[B-](F)(F)F.[OH3+]. The maximum absolute atomic E-state index is 9.75. The standard InChI is InChI=1S/C3H9O.2BF4.H2O/c1-4(2)3;2*2-1(3,4)5;/h1-3H3;;;1H2/q+1;2*-1;/p+1. The summed E-state index contributed by atoms with van der Waals surface area (Å²) in [6.45, 7) is 0. The van der Waals surface area contributed by atoms with Crippen molar-refractivity contribution in [3.8, 4) is 0 Å². The van der Waals surface area contributed by atoms with Gasteiger partial charge >= 0.3 is 14.5 Å². The normalized spacial score (nSPS) is 10.4. The molecular weight excluding hydrogens is 242 g/mol. The van der Waals surface area contributed by atoms with E-state index in [2.05, 4.69) is 4.37 Å². The summed E-state index contributed by atoms with van der Waals surface area (Å²) < 4.78 is 80.6. The highest BCUT2D eigenvalue weighted by Crippen LogP contribution is 2.07. The lowest BCUT2D eigenvalue weighted by Gasteiger charge is -1.94. The molecule has 0 heterocycles. The van der Waals surface area contributed by atoms with Crippen molar-refractivity contribution in [3.63, 3.8) is 0 Å². The van der Waals surface area contributed by atoms with Gasteiger partial charge in [-0.25, -0.2) is 0 Å². The Balaban J connectivity index is -0.0000000590. The van der Waals surface area contributed by atoms with Gasteiger partial charge in [0, 0.05) is 0 Å². The van der Waals surface area contributed by atoms with Gasteiger partial charge in [-0.3, -0.25) is 0 Å². The number of halogens is 8. The quantitative estimate of drug-likeness (QED) is 0.360. The van der Waals surface area contributed by atoms with Gasteiger partial charge in [0.25, 0.3) is 0 Å². The second-order valence-electron chi connectivity index (χ2n) is 2.21. The van der Waals surface area contributed by atoms with Crippen molar-refractivity contribution in [2.24, 2.45) is 0 Å². The van der Waals surface area contributed by atoms with Crippen LogP contribution in [-0.4, -0.2) is 35.8 Å². The first kappa shape index (κ1) is 24.0. The van der Waals surface area contributed by atoms with Crippen molar-refractivity contribution in [2.45, 2.75) is 0 Å². The third-order valence-corrected chi connectivity index (χ3v) is 0. The van der Waals surface area contributed by atoms with Gasteiger partial charge < -0.3 is 44.4 Å². The van der Waals surface area contributed by atoms with Crippen LogP contribution in [0.1, 0.15) is 0 Å². The smallest absolute Gasteiger partial charge is 0.457 e. The van der Waals surface area contributed by atoms with Crippen LogP contribution in [0.25, 0.3) is 0 Å². The Morgan fingerprint density at radius 1 is 0.600 bits per heavy atom. The van der Waals surface area contributed by atoms with E-state index in [0.717, 1.165) is 0 Å². The molecule has 0 atom stereocenters. The summed E-state index contributed by atoms with van der Waals surface area (Å²) >= 11 is 0. The molecule has 0 fully saturated rings. The van der Waals surface area contributed by atoms with E-state index in [1.807, 2.05) is 21.3 Å². The topological polar surface area (TPSA) is 35.7 Å². The molecule has 0 saturated heterocycles. The van der Waals surface area contributed by atoms with Gasteiger partial charge in [0.15, 0.2) is 0 Å². The van der Waals surface area contributed by atoms with Crippen LogP contribution in [0.3, 0.4) is 0 Å². The average molecular weight is 254 g/mol. The fourth-order valence-corrected chi connectivity index (χ4v) is 0. The molecular formula is C3H12B2F8O2. The third kappa shape index (κ3) is 6840. The largest absolute Gasteiger partial charge is 0.673 e. The average Bonchev–Trinajstić information content (AvgIpc) is 1.45. The van der Waals surface area contributed by atoms with E-state index in [-0.39, 0.29) is 5.48 Å². The van der Waals surface area contributed by atoms with Crippen molar-refractivity contribution in [2.75, 3.05) is 21.3 Å². The zero-order chi connectivity index (χ0) is 12.6.